The highest BCUT2D eigenvalue weighted by Gasteiger charge is 2.47. The molecular weight excluding hydrogens is 264 g/mol. The van der Waals surface area contributed by atoms with E-state index in [-0.39, 0.29) is 5.79 Å². The predicted molar refractivity (Wildman–Crippen MR) is 84.4 cm³/mol. The van der Waals surface area contributed by atoms with E-state index in [0.29, 0.717) is 12.1 Å². The summed E-state index contributed by atoms with van der Waals surface area (Å²) in [5, 5.41) is 3.73. The topological polar surface area (TPSA) is 33.7 Å². The third-order valence-electron chi connectivity index (χ3n) is 5.67. The van der Waals surface area contributed by atoms with E-state index in [1.54, 1.807) is 0 Å². The number of hydrogen-bond acceptors (Lipinski definition) is 4. The second-order valence-electron chi connectivity index (χ2n) is 6.88. The molecule has 1 aliphatic carbocycles. The maximum absolute atomic E-state index is 6.02. The van der Waals surface area contributed by atoms with Gasteiger partial charge < -0.3 is 14.8 Å². The fourth-order valence-corrected chi connectivity index (χ4v) is 4.64. The molecule has 2 aliphatic heterocycles. The Morgan fingerprint density at radius 3 is 2.67 bits per heavy atom. The van der Waals surface area contributed by atoms with Gasteiger partial charge in [-0.25, -0.2) is 0 Å². The Morgan fingerprint density at radius 1 is 1.14 bits per heavy atom. The zero-order valence-electron chi connectivity index (χ0n) is 13.8. The van der Waals surface area contributed by atoms with Crippen LogP contribution in [0.3, 0.4) is 0 Å². The molecule has 0 amide bonds. The molecule has 122 valence electrons. The van der Waals surface area contributed by atoms with E-state index in [0.717, 1.165) is 38.6 Å². The summed E-state index contributed by atoms with van der Waals surface area (Å²) < 4.78 is 12.0. The van der Waals surface area contributed by atoms with Gasteiger partial charge in [-0.1, -0.05) is 20.3 Å². The Morgan fingerprint density at radius 2 is 1.95 bits per heavy atom. The third-order valence-corrected chi connectivity index (χ3v) is 5.67. The Bertz CT molecular complexity index is 331. The minimum absolute atomic E-state index is 0.272. The van der Waals surface area contributed by atoms with E-state index < -0.39 is 0 Å². The van der Waals surface area contributed by atoms with Gasteiger partial charge in [-0.05, 0) is 38.8 Å². The van der Waals surface area contributed by atoms with Crippen molar-refractivity contribution in [2.45, 2.75) is 82.7 Å². The molecule has 1 spiro atoms. The van der Waals surface area contributed by atoms with Crippen molar-refractivity contribution in [2.24, 2.45) is 0 Å². The summed E-state index contributed by atoms with van der Waals surface area (Å²) in [5.74, 6) is -0.272. The molecule has 3 aliphatic rings. The number of likely N-dealkylation sites (tertiary alicyclic amines) is 1. The molecule has 3 fully saturated rings. The van der Waals surface area contributed by atoms with Gasteiger partial charge in [0.25, 0.3) is 0 Å². The highest BCUT2D eigenvalue weighted by molar-refractivity contribution is 4.98. The fraction of sp³-hybridized carbons (Fsp3) is 1.00. The first-order valence-corrected chi connectivity index (χ1v) is 9.05. The smallest absolute Gasteiger partial charge is 0.170 e. The molecule has 4 heteroatoms. The molecule has 0 aromatic rings. The van der Waals surface area contributed by atoms with Crippen LogP contribution in [0, 0.1) is 0 Å². The minimum atomic E-state index is -0.272. The molecule has 21 heavy (non-hydrogen) atoms. The lowest BCUT2D eigenvalue weighted by molar-refractivity contribution is -0.196. The van der Waals surface area contributed by atoms with Gasteiger partial charge in [0.2, 0.25) is 0 Å². The normalized spacial score (nSPS) is 37.1. The third kappa shape index (κ3) is 3.29. The van der Waals surface area contributed by atoms with Gasteiger partial charge in [-0.3, -0.25) is 4.90 Å². The number of nitrogens with zero attached hydrogens (tertiary/aromatic N) is 1. The van der Waals surface area contributed by atoms with E-state index in [1.807, 2.05) is 0 Å². The molecule has 3 unspecified atom stereocenters. The molecule has 2 heterocycles. The van der Waals surface area contributed by atoms with Crippen molar-refractivity contribution in [3.63, 3.8) is 0 Å². The van der Waals surface area contributed by atoms with Crippen LogP contribution in [0.2, 0.25) is 0 Å². The van der Waals surface area contributed by atoms with Crippen LogP contribution in [-0.2, 0) is 9.47 Å². The standard InChI is InChI=1S/C17H32N2O2/c1-3-14-7-5-6-10-19(14)16-13-17(20-11-12-21-17)9-8-15(16)18-4-2/h14-16,18H,3-13H2,1-2H3. The second-order valence-corrected chi connectivity index (χ2v) is 6.88. The van der Waals surface area contributed by atoms with Crippen molar-refractivity contribution in [1.29, 1.82) is 0 Å². The van der Waals surface area contributed by atoms with Gasteiger partial charge in [0.15, 0.2) is 5.79 Å². The van der Waals surface area contributed by atoms with E-state index in [4.69, 9.17) is 9.47 Å². The summed E-state index contributed by atoms with van der Waals surface area (Å²) in [6.45, 7) is 8.41. The average Bonchev–Trinajstić information content (AvgIpc) is 2.97. The van der Waals surface area contributed by atoms with E-state index in [1.165, 1.54) is 38.6 Å². The SMILES string of the molecule is CCNC1CCC2(CC1N1CCCCC1CC)OCCO2. The number of likely N-dealkylation sites (N-methyl/N-ethyl adjacent to an activating group) is 1. The summed E-state index contributed by atoms with van der Waals surface area (Å²) in [4.78, 5) is 2.78. The Labute approximate surface area is 129 Å². The van der Waals surface area contributed by atoms with Crippen molar-refractivity contribution in [3.05, 3.63) is 0 Å². The molecule has 2 saturated heterocycles. The Balaban J connectivity index is 1.75. The highest BCUT2D eigenvalue weighted by atomic mass is 16.7. The summed E-state index contributed by atoms with van der Waals surface area (Å²) in [6.07, 6.45) is 8.63. The number of piperidine rings is 1. The molecule has 0 bridgehead atoms. The van der Waals surface area contributed by atoms with E-state index in [9.17, 15) is 0 Å². The summed E-state index contributed by atoms with van der Waals surface area (Å²) >= 11 is 0. The van der Waals surface area contributed by atoms with Crippen molar-refractivity contribution >= 4 is 0 Å². The quantitative estimate of drug-likeness (QED) is 0.864. The lowest BCUT2D eigenvalue weighted by Crippen LogP contribution is -2.60. The monoisotopic (exact) mass is 296 g/mol. The van der Waals surface area contributed by atoms with Crippen LogP contribution in [0.15, 0.2) is 0 Å². The van der Waals surface area contributed by atoms with Crippen LogP contribution in [-0.4, -0.2) is 55.1 Å². The zero-order valence-corrected chi connectivity index (χ0v) is 13.8. The maximum Gasteiger partial charge on any atom is 0.170 e. The van der Waals surface area contributed by atoms with E-state index >= 15 is 0 Å². The van der Waals surface area contributed by atoms with Gasteiger partial charge in [0, 0.05) is 31.0 Å². The molecule has 0 aromatic carbocycles. The minimum Gasteiger partial charge on any atom is -0.347 e. The molecule has 3 atom stereocenters. The summed E-state index contributed by atoms with van der Waals surface area (Å²) in [6, 6.07) is 1.92. The van der Waals surface area contributed by atoms with Crippen LogP contribution >= 0.6 is 0 Å². The first kappa shape index (κ1) is 15.7. The first-order valence-electron chi connectivity index (χ1n) is 9.05. The lowest BCUT2D eigenvalue weighted by Gasteiger charge is -2.50. The van der Waals surface area contributed by atoms with Crippen molar-refractivity contribution in [3.8, 4) is 0 Å². The van der Waals surface area contributed by atoms with Gasteiger partial charge >= 0.3 is 0 Å². The predicted octanol–water partition coefficient (Wildman–Crippen LogP) is 2.52. The zero-order chi connectivity index (χ0) is 14.7. The molecule has 3 rings (SSSR count). The largest absolute Gasteiger partial charge is 0.347 e. The average molecular weight is 296 g/mol. The summed E-state index contributed by atoms with van der Waals surface area (Å²) in [5.41, 5.74) is 0. The van der Waals surface area contributed by atoms with Gasteiger partial charge in [0.05, 0.1) is 13.2 Å². The van der Waals surface area contributed by atoms with Gasteiger partial charge in [-0.15, -0.1) is 0 Å². The fourth-order valence-electron chi connectivity index (χ4n) is 4.64. The number of ether oxygens (including phenoxy) is 2. The van der Waals surface area contributed by atoms with E-state index in [2.05, 4.69) is 24.1 Å². The number of hydrogen-bond donors (Lipinski definition) is 1. The van der Waals surface area contributed by atoms with Crippen LogP contribution in [0.25, 0.3) is 0 Å². The highest BCUT2D eigenvalue weighted by Crippen LogP contribution is 2.39. The Hall–Kier alpha value is -0.160. The lowest BCUT2D eigenvalue weighted by atomic mass is 9.82. The molecule has 4 nitrogen and oxygen atoms in total. The van der Waals surface area contributed by atoms with Crippen molar-refractivity contribution in [2.75, 3.05) is 26.3 Å². The molecule has 1 N–H and O–H groups in total. The number of rotatable bonds is 4. The van der Waals surface area contributed by atoms with Crippen LogP contribution in [0.4, 0.5) is 0 Å². The molecule has 1 saturated carbocycles. The second kappa shape index (κ2) is 6.95. The maximum atomic E-state index is 6.02. The van der Waals surface area contributed by atoms with Crippen molar-refractivity contribution in [1.82, 2.24) is 10.2 Å². The number of nitrogens with one attached hydrogen (secondary N) is 1. The van der Waals surface area contributed by atoms with Gasteiger partial charge in [-0.2, -0.15) is 0 Å². The Kier molecular flexibility index (Phi) is 5.20. The summed E-state index contributed by atoms with van der Waals surface area (Å²) in [7, 11) is 0. The van der Waals surface area contributed by atoms with Crippen LogP contribution < -0.4 is 5.32 Å². The molecule has 0 radical (unpaired) electrons. The first-order chi connectivity index (χ1) is 10.3. The van der Waals surface area contributed by atoms with Crippen molar-refractivity contribution < 1.29 is 9.47 Å². The van der Waals surface area contributed by atoms with Gasteiger partial charge in [0.1, 0.15) is 0 Å². The van der Waals surface area contributed by atoms with Crippen LogP contribution in [0.5, 0.6) is 0 Å². The molecular formula is C17H32N2O2. The molecule has 0 aromatic heterocycles. The van der Waals surface area contributed by atoms with Crippen LogP contribution in [0.1, 0.15) is 58.8 Å².